The average Bonchev–Trinajstić information content (AvgIpc) is 3.12. The molecule has 0 saturated carbocycles. The van der Waals surface area contributed by atoms with Crippen LogP contribution in [0, 0.1) is 0 Å². The summed E-state index contributed by atoms with van der Waals surface area (Å²) in [7, 11) is 1.65. The third-order valence-electron chi connectivity index (χ3n) is 4.68. The highest BCUT2D eigenvalue weighted by Gasteiger charge is 2.41. The Morgan fingerprint density at radius 2 is 2.00 bits per heavy atom. The predicted octanol–water partition coefficient (Wildman–Crippen LogP) is 2.81. The van der Waals surface area contributed by atoms with Crippen molar-refractivity contribution in [2.75, 3.05) is 13.7 Å². The zero-order chi connectivity index (χ0) is 14.4. The molecule has 3 heteroatoms. The highest BCUT2D eigenvalue weighted by molar-refractivity contribution is 5.55. The number of methoxy groups -OCH3 is 1. The van der Waals surface area contributed by atoms with Crippen molar-refractivity contribution in [3.05, 3.63) is 58.7 Å². The van der Waals surface area contributed by atoms with Gasteiger partial charge < -0.3 is 14.6 Å². The Morgan fingerprint density at radius 3 is 2.86 bits per heavy atom. The van der Waals surface area contributed by atoms with Crippen molar-refractivity contribution in [2.24, 2.45) is 0 Å². The van der Waals surface area contributed by atoms with Gasteiger partial charge in [-0.15, -0.1) is 0 Å². The van der Waals surface area contributed by atoms with E-state index in [9.17, 15) is 5.11 Å². The number of para-hydroxylation sites is 1. The van der Waals surface area contributed by atoms with Crippen LogP contribution >= 0.6 is 0 Å². The normalized spacial score (nSPS) is 22.6. The van der Waals surface area contributed by atoms with E-state index in [1.54, 1.807) is 7.11 Å². The fraction of sp³-hybridized carbons (Fsp3) is 0.333. The first-order chi connectivity index (χ1) is 10.2. The molecule has 2 aromatic carbocycles. The first-order valence-corrected chi connectivity index (χ1v) is 7.37. The molecule has 0 spiro atoms. The maximum atomic E-state index is 11.4. The minimum absolute atomic E-state index is 0.690. The Labute approximate surface area is 124 Å². The summed E-state index contributed by atoms with van der Waals surface area (Å²) in [5, 5.41) is 11.4. The van der Waals surface area contributed by atoms with Gasteiger partial charge in [0.05, 0.1) is 13.7 Å². The summed E-state index contributed by atoms with van der Waals surface area (Å²) in [6, 6.07) is 12.0. The summed E-state index contributed by atoms with van der Waals surface area (Å²) in [5.41, 5.74) is 3.25. The van der Waals surface area contributed by atoms with Gasteiger partial charge in [-0.05, 0) is 41.7 Å². The Morgan fingerprint density at radius 1 is 1.10 bits per heavy atom. The second kappa shape index (κ2) is 4.50. The van der Waals surface area contributed by atoms with E-state index < -0.39 is 5.60 Å². The lowest BCUT2D eigenvalue weighted by atomic mass is 9.86. The van der Waals surface area contributed by atoms with Crippen molar-refractivity contribution in [3.63, 3.8) is 0 Å². The van der Waals surface area contributed by atoms with Gasteiger partial charge in [0.15, 0.2) is 0 Å². The monoisotopic (exact) mass is 282 g/mol. The summed E-state index contributed by atoms with van der Waals surface area (Å²) < 4.78 is 11.1. The van der Waals surface area contributed by atoms with Crippen LogP contribution in [0.1, 0.15) is 28.7 Å². The number of hydrogen-bond acceptors (Lipinski definition) is 3. The number of aliphatic hydroxyl groups is 1. The van der Waals surface area contributed by atoms with Gasteiger partial charge in [0.2, 0.25) is 0 Å². The summed E-state index contributed by atoms with van der Waals surface area (Å²) in [5.74, 6) is 1.65. The lowest BCUT2D eigenvalue weighted by Gasteiger charge is -2.26. The van der Waals surface area contributed by atoms with Gasteiger partial charge in [0.1, 0.15) is 17.1 Å². The van der Waals surface area contributed by atoms with Crippen LogP contribution in [0.5, 0.6) is 11.5 Å². The lowest BCUT2D eigenvalue weighted by Crippen LogP contribution is -2.24. The average molecular weight is 282 g/mol. The number of hydrogen-bond donors (Lipinski definition) is 1. The third-order valence-corrected chi connectivity index (χ3v) is 4.68. The quantitative estimate of drug-likeness (QED) is 0.920. The number of benzene rings is 2. The zero-order valence-corrected chi connectivity index (χ0v) is 12.1. The second-order valence-electron chi connectivity index (χ2n) is 5.78. The first kappa shape index (κ1) is 12.7. The van der Waals surface area contributed by atoms with Gasteiger partial charge in [0, 0.05) is 12.0 Å². The molecule has 0 aromatic heterocycles. The van der Waals surface area contributed by atoms with Crippen LogP contribution in [-0.2, 0) is 18.4 Å². The van der Waals surface area contributed by atoms with Gasteiger partial charge in [0.25, 0.3) is 0 Å². The molecule has 2 aromatic rings. The van der Waals surface area contributed by atoms with Crippen LogP contribution < -0.4 is 9.47 Å². The van der Waals surface area contributed by atoms with Crippen LogP contribution in [-0.4, -0.2) is 18.8 Å². The maximum Gasteiger partial charge on any atom is 0.129 e. The van der Waals surface area contributed by atoms with Gasteiger partial charge in [-0.2, -0.15) is 0 Å². The molecule has 0 bridgehead atoms. The second-order valence-corrected chi connectivity index (χ2v) is 5.78. The van der Waals surface area contributed by atoms with E-state index in [4.69, 9.17) is 9.47 Å². The molecule has 1 N–H and O–H groups in total. The van der Waals surface area contributed by atoms with Crippen LogP contribution in [0.4, 0.5) is 0 Å². The Hall–Kier alpha value is -2.00. The van der Waals surface area contributed by atoms with E-state index >= 15 is 0 Å². The summed E-state index contributed by atoms with van der Waals surface area (Å²) in [4.78, 5) is 0. The number of fused-ring (bicyclic) bond motifs is 2. The SMILES string of the molecule is COc1ccc2c(c1)C(O)(c1cccc3c1OCC3)CC2. The minimum atomic E-state index is -0.973. The number of aryl methyl sites for hydroxylation is 1. The molecule has 1 heterocycles. The third kappa shape index (κ3) is 1.77. The van der Waals surface area contributed by atoms with Crippen molar-refractivity contribution < 1.29 is 14.6 Å². The van der Waals surface area contributed by atoms with Crippen LogP contribution in [0.2, 0.25) is 0 Å². The molecular formula is C18H18O3. The number of rotatable bonds is 2. The van der Waals surface area contributed by atoms with Crippen molar-refractivity contribution in [1.82, 2.24) is 0 Å². The molecule has 1 unspecified atom stereocenters. The van der Waals surface area contributed by atoms with Crippen molar-refractivity contribution >= 4 is 0 Å². The first-order valence-electron chi connectivity index (χ1n) is 7.37. The molecule has 0 radical (unpaired) electrons. The molecule has 0 amide bonds. The van der Waals surface area contributed by atoms with E-state index in [1.165, 1.54) is 11.1 Å². The van der Waals surface area contributed by atoms with E-state index in [0.717, 1.165) is 35.5 Å². The molecule has 108 valence electrons. The molecule has 4 rings (SSSR count). The molecule has 0 saturated heterocycles. The largest absolute Gasteiger partial charge is 0.497 e. The summed E-state index contributed by atoms with van der Waals surface area (Å²) in [6.07, 6.45) is 2.49. The molecule has 1 atom stereocenters. The van der Waals surface area contributed by atoms with E-state index in [-0.39, 0.29) is 0 Å². The predicted molar refractivity (Wildman–Crippen MR) is 80.0 cm³/mol. The van der Waals surface area contributed by atoms with Crippen molar-refractivity contribution in [3.8, 4) is 11.5 Å². The Balaban J connectivity index is 1.89. The van der Waals surface area contributed by atoms with Gasteiger partial charge >= 0.3 is 0 Å². The van der Waals surface area contributed by atoms with E-state index in [2.05, 4.69) is 12.1 Å². The summed E-state index contributed by atoms with van der Waals surface area (Å²) in [6.45, 7) is 0.702. The fourth-order valence-electron chi connectivity index (χ4n) is 3.56. The number of ether oxygens (including phenoxy) is 2. The van der Waals surface area contributed by atoms with Gasteiger partial charge in [-0.1, -0.05) is 24.3 Å². The smallest absolute Gasteiger partial charge is 0.129 e. The minimum Gasteiger partial charge on any atom is -0.497 e. The van der Waals surface area contributed by atoms with Crippen LogP contribution in [0.25, 0.3) is 0 Å². The lowest BCUT2D eigenvalue weighted by molar-refractivity contribution is 0.0796. The standard InChI is InChI=1S/C18H18O3/c1-20-14-6-5-12-7-9-18(19,16(12)11-14)15-4-2-3-13-8-10-21-17(13)15/h2-6,11,19H,7-10H2,1H3. The highest BCUT2D eigenvalue weighted by atomic mass is 16.5. The molecular weight excluding hydrogens is 264 g/mol. The van der Waals surface area contributed by atoms with Crippen molar-refractivity contribution in [2.45, 2.75) is 24.9 Å². The molecule has 1 aliphatic heterocycles. The molecule has 0 fully saturated rings. The van der Waals surface area contributed by atoms with Gasteiger partial charge in [-0.25, -0.2) is 0 Å². The molecule has 1 aliphatic carbocycles. The molecule has 2 aliphatic rings. The Kier molecular flexibility index (Phi) is 2.73. The van der Waals surface area contributed by atoms with Crippen molar-refractivity contribution in [1.29, 1.82) is 0 Å². The van der Waals surface area contributed by atoms with Crippen LogP contribution in [0.3, 0.4) is 0 Å². The summed E-state index contributed by atoms with van der Waals surface area (Å²) >= 11 is 0. The van der Waals surface area contributed by atoms with Gasteiger partial charge in [-0.3, -0.25) is 0 Å². The zero-order valence-electron chi connectivity index (χ0n) is 12.1. The molecule has 21 heavy (non-hydrogen) atoms. The van der Waals surface area contributed by atoms with E-state index in [1.807, 2.05) is 24.3 Å². The van der Waals surface area contributed by atoms with E-state index in [0.29, 0.717) is 13.0 Å². The topological polar surface area (TPSA) is 38.7 Å². The maximum absolute atomic E-state index is 11.4. The highest BCUT2D eigenvalue weighted by Crippen LogP contribution is 2.48. The molecule has 3 nitrogen and oxygen atoms in total. The Bertz CT molecular complexity index is 708. The fourth-order valence-corrected chi connectivity index (χ4v) is 3.56. The van der Waals surface area contributed by atoms with Crippen LogP contribution in [0.15, 0.2) is 36.4 Å².